The summed E-state index contributed by atoms with van der Waals surface area (Å²) in [5.41, 5.74) is 0. The third-order valence-electron chi connectivity index (χ3n) is 9.76. The molecule has 0 spiro atoms. The molecule has 0 fully saturated rings. The minimum atomic E-state index is -0.792. The Kier molecular flexibility index (Phi) is 42.5. The highest BCUT2D eigenvalue weighted by atomic mass is 16.6. The molecule has 1 unspecified atom stereocenters. The molecule has 6 nitrogen and oxygen atoms in total. The van der Waals surface area contributed by atoms with E-state index < -0.39 is 6.10 Å². The Morgan fingerprint density at radius 1 is 0.375 bits per heavy atom. The minimum absolute atomic E-state index is 0.0927. The number of unbranched alkanes of at least 4 members (excludes halogenated alkanes) is 20. The number of carbonyl (C=O) groups excluding carboxylic acids is 3. The van der Waals surface area contributed by atoms with Crippen molar-refractivity contribution in [3.63, 3.8) is 0 Å². The lowest BCUT2D eigenvalue weighted by atomic mass is 10.1. The van der Waals surface area contributed by atoms with Gasteiger partial charge in [-0.15, -0.1) is 0 Å². The maximum Gasteiger partial charge on any atom is 0.306 e. The van der Waals surface area contributed by atoms with Crippen LogP contribution in [-0.4, -0.2) is 37.2 Å². The highest BCUT2D eigenvalue weighted by Crippen LogP contribution is 2.13. The monoisotopic (exact) mass is 783 g/mol. The van der Waals surface area contributed by atoms with Gasteiger partial charge in [0.1, 0.15) is 13.2 Å². The van der Waals surface area contributed by atoms with E-state index in [2.05, 4.69) is 81.5 Å². The number of carbonyl (C=O) groups is 3. The Morgan fingerprint density at radius 3 is 1.14 bits per heavy atom. The Hall–Kier alpha value is -2.89. The SMILES string of the molecule is CC/C=C\C/C=C\C/C=C\C/C=C\CCCCC(=O)OC(COC(=O)CCCCCCCC)COC(=O)CCCCCCCCC/C=C\CCCCCCCC. The van der Waals surface area contributed by atoms with E-state index in [0.717, 1.165) is 77.0 Å². The number of ether oxygens (including phenoxy) is 3. The van der Waals surface area contributed by atoms with Crippen molar-refractivity contribution in [2.45, 2.75) is 226 Å². The lowest BCUT2D eigenvalue weighted by molar-refractivity contribution is -0.167. The summed E-state index contributed by atoms with van der Waals surface area (Å²) in [7, 11) is 0. The van der Waals surface area contributed by atoms with E-state index in [-0.39, 0.29) is 37.5 Å². The Labute approximate surface area is 345 Å². The molecule has 0 N–H and O–H groups in total. The van der Waals surface area contributed by atoms with Gasteiger partial charge >= 0.3 is 17.9 Å². The predicted molar refractivity (Wildman–Crippen MR) is 238 cm³/mol. The summed E-state index contributed by atoms with van der Waals surface area (Å²) in [5.74, 6) is -0.951. The molecule has 322 valence electrons. The smallest absolute Gasteiger partial charge is 0.306 e. The molecule has 0 aliphatic heterocycles. The van der Waals surface area contributed by atoms with Gasteiger partial charge in [-0.05, 0) is 83.5 Å². The fraction of sp³-hybridized carbons (Fsp3) is 0.740. The van der Waals surface area contributed by atoms with Crippen molar-refractivity contribution in [1.82, 2.24) is 0 Å². The van der Waals surface area contributed by atoms with Crippen LogP contribution in [0.15, 0.2) is 60.8 Å². The molecule has 0 amide bonds. The van der Waals surface area contributed by atoms with Crippen LogP contribution >= 0.6 is 0 Å². The summed E-state index contributed by atoms with van der Waals surface area (Å²) in [6.45, 7) is 6.41. The second-order valence-electron chi connectivity index (χ2n) is 15.3. The third kappa shape index (κ3) is 42.3. The molecule has 0 saturated carbocycles. The maximum absolute atomic E-state index is 12.7. The van der Waals surface area contributed by atoms with E-state index in [9.17, 15) is 14.4 Å². The van der Waals surface area contributed by atoms with Gasteiger partial charge in [0.05, 0.1) is 0 Å². The van der Waals surface area contributed by atoms with Crippen molar-refractivity contribution < 1.29 is 28.6 Å². The number of hydrogen-bond acceptors (Lipinski definition) is 6. The fourth-order valence-corrected chi connectivity index (χ4v) is 6.25. The predicted octanol–water partition coefficient (Wildman–Crippen LogP) is 14.9. The molecular weight excluding hydrogens is 697 g/mol. The van der Waals surface area contributed by atoms with Crippen LogP contribution in [0.4, 0.5) is 0 Å². The summed E-state index contributed by atoms with van der Waals surface area (Å²) in [5, 5.41) is 0. The lowest BCUT2D eigenvalue weighted by Gasteiger charge is -2.18. The van der Waals surface area contributed by atoms with Crippen LogP contribution in [-0.2, 0) is 28.6 Å². The normalized spacial score (nSPS) is 12.6. The van der Waals surface area contributed by atoms with Gasteiger partial charge in [-0.3, -0.25) is 14.4 Å². The molecule has 0 aromatic rings. The average Bonchev–Trinajstić information content (AvgIpc) is 3.19. The van der Waals surface area contributed by atoms with Gasteiger partial charge in [-0.2, -0.15) is 0 Å². The highest BCUT2D eigenvalue weighted by molar-refractivity contribution is 5.71. The van der Waals surface area contributed by atoms with Crippen LogP contribution in [0.25, 0.3) is 0 Å². The molecule has 56 heavy (non-hydrogen) atoms. The molecule has 0 radical (unpaired) electrons. The second kappa shape index (κ2) is 44.8. The van der Waals surface area contributed by atoms with Gasteiger partial charge in [0.25, 0.3) is 0 Å². The van der Waals surface area contributed by atoms with Crippen LogP contribution < -0.4 is 0 Å². The molecule has 0 rings (SSSR count). The van der Waals surface area contributed by atoms with E-state index in [4.69, 9.17) is 14.2 Å². The van der Waals surface area contributed by atoms with Crippen LogP contribution in [0.3, 0.4) is 0 Å². The van der Waals surface area contributed by atoms with E-state index >= 15 is 0 Å². The van der Waals surface area contributed by atoms with Gasteiger partial charge in [-0.25, -0.2) is 0 Å². The zero-order valence-electron chi connectivity index (χ0n) is 36.6. The lowest BCUT2D eigenvalue weighted by Crippen LogP contribution is -2.30. The molecule has 1 atom stereocenters. The van der Waals surface area contributed by atoms with Crippen LogP contribution in [0.1, 0.15) is 220 Å². The van der Waals surface area contributed by atoms with E-state index in [1.165, 1.54) is 96.3 Å². The van der Waals surface area contributed by atoms with Gasteiger partial charge in [-0.1, -0.05) is 178 Å². The maximum atomic E-state index is 12.7. The van der Waals surface area contributed by atoms with E-state index in [1.807, 2.05) is 0 Å². The first-order valence-corrected chi connectivity index (χ1v) is 23.3. The van der Waals surface area contributed by atoms with Crippen molar-refractivity contribution in [2.75, 3.05) is 13.2 Å². The Bertz CT molecular complexity index is 1040. The van der Waals surface area contributed by atoms with Gasteiger partial charge < -0.3 is 14.2 Å². The number of esters is 3. The number of hydrogen-bond donors (Lipinski definition) is 0. The van der Waals surface area contributed by atoms with Crippen molar-refractivity contribution >= 4 is 17.9 Å². The van der Waals surface area contributed by atoms with Crippen molar-refractivity contribution in [3.05, 3.63) is 60.8 Å². The van der Waals surface area contributed by atoms with Gasteiger partial charge in [0, 0.05) is 19.3 Å². The van der Waals surface area contributed by atoms with Crippen LogP contribution in [0, 0.1) is 0 Å². The van der Waals surface area contributed by atoms with Crippen molar-refractivity contribution in [1.29, 1.82) is 0 Å². The zero-order valence-corrected chi connectivity index (χ0v) is 36.6. The molecule has 0 aliphatic rings. The summed E-state index contributed by atoms with van der Waals surface area (Å²) < 4.78 is 16.6. The molecule has 6 heteroatoms. The fourth-order valence-electron chi connectivity index (χ4n) is 6.25. The summed E-state index contributed by atoms with van der Waals surface area (Å²) in [6, 6.07) is 0. The van der Waals surface area contributed by atoms with E-state index in [0.29, 0.717) is 19.3 Å². The first-order valence-electron chi connectivity index (χ1n) is 23.3. The Balaban J connectivity index is 4.32. The molecule has 0 bridgehead atoms. The number of allylic oxidation sites excluding steroid dienone is 10. The first kappa shape index (κ1) is 53.1. The molecule has 0 aromatic carbocycles. The largest absolute Gasteiger partial charge is 0.462 e. The topological polar surface area (TPSA) is 78.9 Å². The average molecular weight is 783 g/mol. The van der Waals surface area contributed by atoms with Gasteiger partial charge in [0.2, 0.25) is 0 Å². The summed E-state index contributed by atoms with van der Waals surface area (Å²) in [6.07, 6.45) is 53.7. The number of rotatable bonds is 41. The van der Waals surface area contributed by atoms with Crippen LogP contribution in [0.5, 0.6) is 0 Å². The quantitative estimate of drug-likeness (QED) is 0.0266. The minimum Gasteiger partial charge on any atom is -0.462 e. The Morgan fingerprint density at radius 2 is 0.696 bits per heavy atom. The van der Waals surface area contributed by atoms with Crippen LogP contribution in [0.2, 0.25) is 0 Å². The third-order valence-corrected chi connectivity index (χ3v) is 9.76. The highest BCUT2D eigenvalue weighted by Gasteiger charge is 2.19. The molecular formula is C50H86O6. The van der Waals surface area contributed by atoms with Gasteiger partial charge in [0.15, 0.2) is 6.10 Å². The first-order chi connectivity index (χ1) is 27.5. The second-order valence-corrected chi connectivity index (χ2v) is 15.3. The molecule has 0 saturated heterocycles. The van der Waals surface area contributed by atoms with E-state index in [1.54, 1.807) is 0 Å². The van der Waals surface area contributed by atoms with Crippen molar-refractivity contribution in [2.24, 2.45) is 0 Å². The van der Waals surface area contributed by atoms with Crippen molar-refractivity contribution in [3.8, 4) is 0 Å². The molecule has 0 aromatic heterocycles. The summed E-state index contributed by atoms with van der Waals surface area (Å²) >= 11 is 0. The molecule has 0 aliphatic carbocycles. The zero-order chi connectivity index (χ0) is 40.8. The summed E-state index contributed by atoms with van der Waals surface area (Å²) in [4.78, 5) is 37.6. The molecule has 0 heterocycles. The standard InChI is InChI=1S/C50H86O6/c1-4-7-10-13-16-18-20-22-24-25-27-28-30-32-34-37-40-43-49(52)55-46-47(45-54-48(51)42-39-36-15-12-9-6-3)56-50(53)44-41-38-35-33-31-29-26-23-21-19-17-14-11-8-5-2/h8,11,17,19,22-24,26,31,33,47H,4-7,9-10,12-16,18,20-21,25,27-30,32,34-46H2,1-3H3/b11-8-,19-17-,24-22-,26-23-,33-31-.